The Balaban J connectivity index is 1.17. The standard InChI is InChI=1S/C39H34F3N7O2/c40-39(41,42)27-14-10-11-25(21-27)22-28-15-8-9-20-47(28)35(50)24-48-33-18-6-7-19-34(33)49-36(26-12-2-1-3-13-26)45-46-37(49)30(38(48)51)23-32-29-16-4-5-17-31(29)43-44-32/h1-7,10-14,16-19,21,28,30H,8-9,15,20,22-24H2,(H,43,44)/t28?,30-/m0/s1. The minimum Gasteiger partial charge on any atom is -0.338 e. The molecule has 0 aliphatic carbocycles. The molecule has 9 nitrogen and oxygen atoms in total. The second-order valence-electron chi connectivity index (χ2n) is 13.1. The largest absolute Gasteiger partial charge is 0.416 e. The van der Waals surface area contributed by atoms with Crippen LogP contribution >= 0.6 is 0 Å². The van der Waals surface area contributed by atoms with E-state index >= 15 is 0 Å². The van der Waals surface area contributed by atoms with Crippen LogP contribution in [0.1, 0.15) is 47.8 Å². The number of para-hydroxylation sites is 3. The van der Waals surface area contributed by atoms with E-state index in [9.17, 15) is 22.8 Å². The Morgan fingerprint density at radius 2 is 1.61 bits per heavy atom. The molecule has 0 saturated carbocycles. The number of aromatic amines is 1. The molecule has 2 aliphatic rings. The summed E-state index contributed by atoms with van der Waals surface area (Å²) >= 11 is 0. The maximum absolute atomic E-state index is 14.9. The van der Waals surface area contributed by atoms with Crippen molar-refractivity contribution in [3.63, 3.8) is 0 Å². The first kappa shape index (κ1) is 32.4. The molecule has 6 aromatic rings. The lowest BCUT2D eigenvalue weighted by Crippen LogP contribution is -2.50. The molecule has 0 spiro atoms. The first-order chi connectivity index (χ1) is 24.8. The lowest BCUT2D eigenvalue weighted by molar-refractivity contribution is -0.138. The first-order valence-electron chi connectivity index (χ1n) is 17.1. The molecule has 0 bridgehead atoms. The number of aromatic nitrogens is 5. The fourth-order valence-electron chi connectivity index (χ4n) is 7.46. The van der Waals surface area contributed by atoms with Gasteiger partial charge in [0.05, 0.1) is 22.5 Å². The van der Waals surface area contributed by atoms with Crippen LogP contribution in [0.15, 0.2) is 103 Å². The molecular weight excluding hydrogens is 655 g/mol. The number of benzene rings is 4. The summed E-state index contributed by atoms with van der Waals surface area (Å²) in [4.78, 5) is 32.6. The second kappa shape index (κ2) is 13.2. The number of piperidine rings is 1. The number of carbonyl (C=O) groups excluding carboxylic acids is 2. The molecule has 51 heavy (non-hydrogen) atoms. The third kappa shape index (κ3) is 6.15. The van der Waals surface area contributed by atoms with Crippen molar-refractivity contribution in [3.05, 3.63) is 126 Å². The van der Waals surface area contributed by atoms with E-state index < -0.39 is 17.7 Å². The first-order valence-corrected chi connectivity index (χ1v) is 17.1. The molecule has 4 aromatic carbocycles. The number of fused-ring (bicyclic) bond motifs is 4. The van der Waals surface area contributed by atoms with E-state index in [0.717, 1.165) is 47.1 Å². The van der Waals surface area contributed by atoms with Gasteiger partial charge in [-0.1, -0.05) is 78.9 Å². The lowest BCUT2D eigenvalue weighted by Gasteiger charge is -2.37. The highest BCUT2D eigenvalue weighted by molar-refractivity contribution is 6.05. The van der Waals surface area contributed by atoms with Crippen LogP contribution in [0.4, 0.5) is 18.9 Å². The topological polar surface area (TPSA) is 100 Å². The number of rotatable bonds is 7. The molecule has 1 unspecified atom stereocenters. The zero-order chi connectivity index (χ0) is 35.1. The minimum absolute atomic E-state index is 0.229. The molecule has 2 aliphatic heterocycles. The van der Waals surface area contributed by atoms with Crippen molar-refractivity contribution >= 4 is 28.4 Å². The third-order valence-electron chi connectivity index (χ3n) is 9.92. The number of anilines is 1. The monoisotopic (exact) mass is 689 g/mol. The fraction of sp³-hybridized carbons (Fsp3) is 0.256. The number of nitrogens with one attached hydrogen (secondary N) is 1. The quantitative estimate of drug-likeness (QED) is 0.192. The van der Waals surface area contributed by atoms with Crippen molar-refractivity contribution in [1.29, 1.82) is 0 Å². The highest BCUT2D eigenvalue weighted by atomic mass is 19.4. The number of H-pyrrole nitrogens is 1. The van der Waals surface area contributed by atoms with Crippen LogP contribution in [-0.4, -0.2) is 60.8 Å². The van der Waals surface area contributed by atoms with Crippen molar-refractivity contribution < 1.29 is 22.8 Å². The normalized spacial score (nSPS) is 17.7. The Kier molecular flexibility index (Phi) is 8.37. The number of carbonyl (C=O) groups is 2. The van der Waals surface area contributed by atoms with Crippen LogP contribution in [0.25, 0.3) is 28.0 Å². The summed E-state index contributed by atoms with van der Waals surface area (Å²) in [5.74, 6) is -0.398. The van der Waals surface area contributed by atoms with Gasteiger partial charge in [0.2, 0.25) is 11.8 Å². The number of hydrogen-bond donors (Lipinski definition) is 1. The van der Waals surface area contributed by atoms with E-state index in [1.807, 2.05) is 83.4 Å². The SMILES string of the molecule is O=C1[C@@H](Cc2[nH]nc3ccccc23)c2nnc(-c3ccccc3)n2-c2ccccc2N1CC(=O)N1CCCCC1Cc1cccc(C(F)(F)F)c1. The van der Waals surface area contributed by atoms with Gasteiger partial charge < -0.3 is 9.80 Å². The van der Waals surface area contributed by atoms with Crippen LogP contribution < -0.4 is 4.90 Å². The van der Waals surface area contributed by atoms with Crippen LogP contribution in [0.2, 0.25) is 0 Å². The third-order valence-corrected chi connectivity index (χ3v) is 9.92. The van der Waals surface area contributed by atoms with Crippen LogP contribution in [0.5, 0.6) is 0 Å². The average molecular weight is 690 g/mol. The predicted molar refractivity (Wildman–Crippen MR) is 186 cm³/mol. The van der Waals surface area contributed by atoms with E-state index in [0.29, 0.717) is 41.6 Å². The molecule has 2 atom stereocenters. The molecule has 1 fully saturated rings. The van der Waals surface area contributed by atoms with E-state index in [4.69, 9.17) is 0 Å². The summed E-state index contributed by atoms with van der Waals surface area (Å²) in [5.41, 5.74) is 3.36. The highest BCUT2D eigenvalue weighted by Gasteiger charge is 2.40. The summed E-state index contributed by atoms with van der Waals surface area (Å²) in [6, 6.07) is 29.7. The van der Waals surface area contributed by atoms with E-state index in [1.165, 1.54) is 6.07 Å². The van der Waals surface area contributed by atoms with Crippen molar-refractivity contribution in [1.82, 2.24) is 29.9 Å². The van der Waals surface area contributed by atoms with Gasteiger partial charge in [0, 0.05) is 35.7 Å². The number of alkyl halides is 3. The lowest BCUT2D eigenvalue weighted by atomic mass is 9.94. The number of hydrogen-bond acceptors (Lipinski definition) is 5. The summed E-state index contributed by atoms with van der Waals surface area (Å²) < 4.78 is 42.4. The zero-order valence-corrected chi connectivity index (χ0v) is 27.6. The van der Waals surface area contributed by atoms with Gasteiger partial charge in [0.15, 0.2) is 11.6 Å². The molecular formula is C39H34F3N7O2. The number of halogens is 3. The number of nitrogens with zero attached hydrogens (tertiary/aromatic N) is 6. The smallest absolute Gasteiger partial charge is 0.338 e. The molecule has 12 heteroatoms. The predicted octanol–water partition coefficient (Wildman–Crippen LogP) is 7.13. The van der Waals surface area contributed by atoms with Crippen molar-refractivity contribution in [3.8, 4) is 17.1 Å². The Labute approximate surface area is 291 Å². The van der Waals surface area contributed by atoms with Gasteiger partial charge in [0.25, 0.3) is 0 Å². The van der Waals surface area contributed by atoms with Gasteiger partial charge in [-0.05, 0) is 55.5 Å². The van der Waals surface area contributed by atoms with Gasteiger partial charge in [-0.2, -0.15) is 18.3 Å². The molecule has 2 aromatic heterocycles. The Morgan fingerprint density at radius 3 is 2.43 bits per heavy atom. The van der Waals surface area contributed by atoms with Crippen molar-refractivity contribution in [2.24, 2.45) is 0 Å². The van der Waals surface area contributed by atoms with Crippen molar-refractivity contribution in [2.75, 3.05) is 18.0 Å². The maximum atomic E-state index is 14.9. The molecule has 4 heterocycles. The van der Waals surface area contributed by atoms with E-state index in [-0.39, 0.29) is 37.2 Å². The van der Waals surface area contributed by atoms with Crippen molar-refractivity contribution in [2.45, 2.75) is 50.2 Å². The molecule has 0 radical (unpaired) electrons. The van der Waals surface area contributed by atoms with Crippen LogP contribution in [0.3, 0.4) is 0 Å². The zero-order valence-electron chi connectivity index (χ0n) is 27.6. The van der Waals surface area contributed by atoms with Gasteiger partial charge >= 0.3 is 6.18 Å². The average Bonchev–Trinajstić information content (AvgIpc) is 3.75. The number of likely N-dealkylation sites (tertiary alicyclic amines) is 1. The van der Waals surface area contributed by atoms with E-state index in [2.05, 4.69) is 20.4 Å². The summed E-state index contributed by atoms with van der Waals surface area (Å²) in [6.45, 7) is 0.216. The van der Waals surface area contributed by atoms with Gasteiger partial charge in [0.1, 0.15) is 12.5 Å². The molecule has 258 valence electrons. The molecule has 1 N–H and O–H groups in total. The van der Waals surface area contributed by atoms with Crippen LogP contribution in [-0.2, 0) is 28.6 Å². The number of amides is 2. The Morgan fingerprint density at radius 1 is 0.843 bits per heavy atom. The fourth-order valence-corrected chi connectivity index (χ4v) is 7.46. The molecule has 1 saturated heterocycles. The van der Waals surface area contributed by atoms with Gasteiger partial charge in [-0.25, -0.2) is 0 Å². The minimum atomic E-state index is -4.46. The summed E-state index contributed by atoms with van der Waals surface area (Å²) in [5, 5.41) is 17.7. The Hall–Kier alpha value is -5.78. The van der Waals surface area contributed by atoms with Crippen LogP contribution in [0, 0.1) is 0 Å². The highest BCUT2D eigenvalue weighted by Crippen LogP contribution is 2.39. The maximum Gasteiger partial charge on any atom is 0.416 e. The summed E-state index contributed by atoms with van der Waals surface area (Å²) in [6.07, 6.45) is -1.66. The van der Waals surface area contributed by atoms with Gasteiger partial charge in [-0.15, -0.1) is 10.2 Å². The molecule has 2 amide bonds. The second-order valence-corrected chi connectivity index (χ2v) is 13.1. The van der Waals surface area contributed by atoms with E-state index in [1.54, 1.807) is 15.9 Å². The summed E-state index contributed by atoms with van der Waals surface area (Å²) in [7, 11) is 0. The Bertz CT molecular complexity index is 2230. The molecule has 8 rings (SSSR count). The van der Waals surface area contributed by atoms with Gasteiger partial charge in [-0.3, -0.25) is 19.3 Å².